The fraction of sp³-hybridized carbons (Fsp3) is 0.533. The molecule has 7 heteroatoms. The van der Waals surface area contributed by atoms with Crippen LogP contribution in [0.2, 0.25) is 0 Å². The van der Waals surface area contributed by atoms with Crippen molar-refractivity contribution in [2.24, 2.45) is 5.92 Å². The van der Waals surface area contributed by atoms with E-state index < -0.39 is 6.61 Å². The van der Waals surface area contributed by atoms with Crippen molar-refractivity contribution in [2.75, 3.05) is 33.8 Å². The van der Waals surface area contributed by atoms with E-state index in [0.717, 1.165) is 13.0 Å². The molecule has 0 aromatic heterocycles. The highest BCUT2D eigenvalue weighted by molar-refractivity contribution is 5.95. The highest BCUT2D eigenvalue weighted by Crippen LogP contribution is 2.30. The van der Waals surface area contributed by atoms with E-state index in [1.807, 2.05) is 7.05 Å². The maximum Gasteiger partial charge on any atom is 0.387 e. The third-order valence-corrected chi connectivity index (χ3v) is 3.69. The number of nitrogens with zero attached hydrogens (tertiary/aromatic N) is 1. The first-order valence-electron chi connectivity index (χ1n) is 7.12. The third-order valence-electron chi connectivity index (χ3n) is 3.69. The number of nitrogens with one attached hydrogen (secondary N) is 1. The lowest BCUT2D eigenvalue weighted by Gasteiger charge is -2.18. The Labute approximate surface area is 128 Å². The molecule has 0 bridgehead atoms. The molecule has 2 rings (SSSR count). The molecule has 1 fully saturated rings. The standard InChI is InChI=1S/C15H20F2N2O3/c1-18-8-10-5-6-19(9-10)14(20)11-3-4-12(21-2)13(7-11)22-15(16)17/h3-4,7,10,15,18H,5-6,8-9H2,1-2H3. The number of hydrogen-bond donors (Lipinski definition) is 1. The molecule has 22 heavy (non-hydrogen) atoms. The maximum absolute atomic E-state index is 12.5. The number of halogens is 2. The smallest absolute Gasteiger partial charge is 0.387 e. The lowest BCUT2D eigenvalue weighted by Crippen LogP contribution is -2.30. The van der Waals surface area contributed by atoms with Crippen molar-refractivity contribution in [3.8, 4) is 11.5 Å². The van der Waals surface area contributed by atoms with Gasteiger partial charge in [-0.05, 0) is 44.1 Å². The molecule has 1 aliphatic heterocycles. The van der Waals surface area contributed by atoms with Gasteiger partial charge in [-0.15, -0.1) is 0 Å². The summed E-state index contributed by atoms with van der Waals surface area (Å²) >= 11 is 0. The topological polar surface area (TPSA) is 50.8 Å². The summed E-state index contributed by atoms with van der Waals surface area (Å²) in [5.41, 5.74) is 0.321. The van der Waals surface area contributed by atoms with Crippen LogP contribution in [0.25, 0.3) is 0 Å². The minimum absolute atomic E-state index is 0.130. The van der Waals surface area contributed by atoms with Crippen LogP contribution < -0.4 is 14.8 Å². The molecule has 0 spiro atoms. The molecule has 1 aliphatic rings. The van der Waals surface area contributed by atoms with E-state index in [-0.39, 0.29) is 17.4 Å². The van der Waals surface area contributed by atoms with E-state index in [1.54, 1.807) is 11.0 Å². The van der Waals surface area contributed by atoms with Crippen LogP contribution in [0.1, 0.15) is 16.8 Å². The molecule has 1 amide bonds. The summed E-state index contributed by atoms with van der Waals surface area (Å²) < 4.78 is 34.2. The van der Waals surface area contributed by atoms with Gasteiger partial charge in [-0.25, -0.2) is 0 Å². The molecule has 122 valence electrons. The summed E-state index contributed by atoms with van der Waals surface area (Å²) in [6.45, 7) is -0.781. The number of carbonyl (C=O) groups excluding carboxylic acids is 1. The minimum atomic E-state index is -2.97. The monoisotopic (exact) mass is 314 g/mol. The molecule has 0 aliphatic carbocycles. The van der Waals surface area contributed by atoms with Crippen LogP contribution >= 0.6 is 0 Å². The zero-order valence-electron chi connectivity index (χ0n) is 12.6. The average Bonchev–Trinajstić information content (AvgIpc) is 2.95. The normalized spacial score (nSPS) is 17.9. The van der Waals surface area contributed by atoms with Crippen LogP contribution in [-0.2, 0) is 0 Å². The number of likely N-dealkylation sites (tertiary alicyclic amines) is 1. The van der Waals surface area contributed by atoms with Gasteiger partial charge >= 0.3 is 6.61 Å². The van der Waals surface area contributed by atoms with E-state index in [1.165, 1.54) is 19.2 Å². The summed E-state index contributed by atoms with van der Waals surface area (Å²) in [7, 11) is 3.24. The Kier molecular flexibility index (Phi) is 5.54. The van der Waals surface area contributed by atoms with E-state index in [4.69, 9.17) is 4.74 Å². The van der Waals surface area contributed by atoms with Crippen LogP contribution in [0, 0.1) is 5.92 Å². The Morgan fingerprint density at radius 1 is 1.45 bits per heavy atom. The van der Waals surface area contributed by atoms with Crippen molar-refractivity contribution in [1.82, 2.24) is 10.2 Å². The summed E-state index contributed by atoms with van der Waals surface area (Å²) in [6, 6.07) is 4.33. The molecular formula is C15H20F2N2O3. The Hall–Kier alpha value is -1.89. The van der Waals surface area contributed by atoms with Gasteiger partial charge in [-0.1, -0.05) is 0 Å². The first-order chi connectivity index (χ1) is 10.5. The fourth-order valence-electron chi connectivity index (χ4n) is 2.65. The third kappa shape index (κ3) is 3.85. The second-order valence-corrected chi connectivity index (χ2v) is 5.21. The van der Waals surface area contributed by atoms with Crippen molar-refractivity contribution in [2.45, 2.75) is 13.0 Å². The van der Waals surface area contributed by atoms with Crippen LogP contribution in [-0.4, -0.2) is 51.2 Å². The van der Waals surface area contributed by atoms with Gasteiger partial charge in [0.15, 0.2) is 11.5 Å². The largest absolute Gasteiger partial charge is 0.493 e. The highest BCUT2D eigenvalue weighted by atomic mass is 19.3. The summed E-state index contributed by atoms with van der Waals surface area (Å²) in [6.07, 6.45) is 0.934. The van der Waals surface area contributed by atoms with Gasteiger partial charge in [-0.3, -0.25) is 4.79 Å². The Morgan fingerprint density at radius 3 is 2.86 bits per heavy atom. The number of rotatable bonds is 6. The molecule has 1 atom stereocenters. The first-order valence-corrected chi connectivity index (χ1v) is 7.12. The zero-order valence-corrected chi connectivity index (χ0v) is 12.6. The lowest BCUT2D eigenvalue weighted by molar-refractivity contribution is -0.0512. The number of benzene rings is 1. The first kappa shape index (κ1) is 16.5. The molecular weight excluding hydrogens is 294 g/mol. The number of methoxy groups -OCH3 is 1. The Morgan fingerprint density at radius 2 is 2.23 bits per heavy atom. The zero-order chi connectivity index (χ0) is 16.1. The number of amides is 1. The molecule has 1 unspecified atom stereocenters. The molecule has 5 nitrogen and oxygen atoms in total. The molecule has 0 saturated carbocycles. The summed E-state index contributed by atoms with van der Waals surface area (Å²) in [5, 5.41) is 3.10. The van der Waals surface area contributed by atoms with Crippen molar-refractivity contribution >= 4 is 5.91 Å². The van der Waals surface area contributed by atoms with Gasteiger partial charge in [-0.2, -0.15) is 8.78 Å². The van der Waals surface area contributed by atoms with Gasteiger partial charge in [0, 0.05) is 18.7 Å². The van der Waals surface area contributed by atoms with Gasteiger partial charge in [0.05, 0.1) is 7.11 Å². The number of carbonyl (C=O) groups is 1. The van der Waals surface area contributed by atoms with Crippen molar-refractivity contribution < 1.29 is 23.0 Å². The second-order valence-electron chi connectivity index (χ2n) is 5.21. The van der Waals surface area contributed by atoms with Crippen molar-refractivity contribution in [3.63, 3.8) is 0 Å². The fourth-order valence-corrected chi connectivity index (χ4v) is 2.65. The molecule has 1 aromatic carbocycles. The molecule has 1 N–H and O–H groups in total. The Balaban J connectivity index is 2.13. The van der Waals surface area contributed by atoms with Crippen LogP contribution in [0.4, 0.5) is 8.78 Å². The molecule has 1 saturated heterocycles. The predicted molar refractivity (Wildman–Crippen MR) is 77.6 cm³/mol. The quantitative estimate of drug-likeness (QED) is 0.872. The van der Waals surface area contributed by atoms with Gasteiger partial charge in [0.1, 0.15) is 0 Å². The van der Waals surface area contributed by atoms with Crippen LogP contribution in [0.3, 0.4) is 0 Å². The SMILES string of the molecule is CNCC1CCN(C(=O)c2ccc(OC)c(OC(F)F)c2)C1. The van der Waals surface area contributed by atoms with Crippen molar-refractivity contribution in [1.29, 1.82) is 0 Å². The molecule has 1 aromatic rings. The van der Waals surface area contributed by atoms with Gasteiger partial charge in [0.2, 0.25) is 0 Å². The summed E-state index contributed by atoms with van der Waals surface area (Å²) in [4.78, 5) is 14.2. The van der Waals surface area contributed by atoms with E-state index >= 15 is 0 Å². The predicted octanol–water partition coefficient (Wildman–Crippen LogP) is 1.98. The van der Waals surface area contributed by atoms with Crippen LogP contribution in [0.5, 0.6) is 11.5 Å². The minimum Gasteiger partial charge on any atom is -0.493 e. The van der Waals surface area contributed by atoms with E-state index in [9.17, 15) is 13.6 Å². The van der Waals surface area contributed by atoms with E-state index in [0.29, 0.717) is 24.6 Å². The number of ether oxygens (including phenoxy) is 2. The van der Waals surface area contributed by atoms with Crippen molar-refractivity contribution in [3.05, 3.63) is 23.8 Å². The maximum atomic E-state index is 12.5. The number of hydrogen-bond acceptors (Lipinski definition) is 4. The number of alkyl halides is 2. The van der Waals surface area contributed by atoms with Gasteiger partial charge in [0.25, 0.3) is 5.91 Å². The Bertz CT molecular complexity index is 526. The average molecular weight is 314 g/mol. The highest BCUT2D eigenvalue weighted by Gasteiger charge is 2.27. The second kappa shape index (κ2) is 7.40. The molecule has 1 heterocycles. The van der Waals surface area contributed by atoms with Crippen LogP contribution in [0.15, 0.2) is 18.2 Å². The van der Waals surface area contributed by atoms with Gasteiger partial charge < -0.3 is 19.7 Å². The summed E-state index contributed by atoms with van der Waals surface area (Å²) in [5.74, 6) is 0.282. The molecule has 0 radical (unpaired) electrons. The lowest BCUT2D eigenvalue weighted by atomic mass is 10.1. The van der Waals surface area contributed by atoms with E-state index in [2.05, 4.69) is 10.1 Å².